The molecule has 2 amide bonds. The number of hydrogen-bond donors (Lipinski definition) is 1. The minimum absolute atomic E-state index is 0.0917. The van der Waals surface area contributed by atoms with Crippen molar-refractivity contribution in [2.24, 2.45) is 0 Å². The highest BCUT2D eigenvalue weighted by atomic mass is 16.2. The highest BCUT2D eigenvalue weighted by molar-refractivity contribution is 5.74. The van der Waals surface area contributed by atoms with E-state index in [4.69, 9.17) is 5.26 Å². The van der Waals surface area contributed by atoms with Crippen LogP contribution in [0.1, 0.15) is 11.1 Å². The number of amides is 2. The summed E-state index contributed by atoms with van der Waals surface area (Å²) in [7, 11) is 0. The summed E-state index contributed by atoms with van der Waals surface area (Å²) in [6.07, 6.45) is 3.44. The van der Waals surface area contributed by atoms with Gasteiger partial charge in [0.1, 0.15) is 0 Å². The predicted molar refractivity (Wildman–Crippen MR) is 89.2 cm³/mol. The van der Waals surface area contributed by atoms with E-state index in [0.29, 0.717) is 44.2 Å². The maximum atomic E-state index is 12.3. The van der Waals surface area contributed by atoms with Gasteiger partial charge in [0.25, 0.3) is 0 Å². The van der Waals surface area contributed by atoms with Crippen molar-refractivity contribution in [2.75, 3.05) is 31.1 Å². The highest BCUT2D eigenvalue weighted by Gasteiger charge is 2.22. The van der Waals surface area contributed by atoms with Gasteiger partial charge in [0.05, 0.1) is 11.6 Å². The van der Waals surface area contributed by atoms with E-state index in [9.17, 15) is 4.79 Å². The number of hydrogen-bond acceptors (Lipinski definition) is 5. The number of carbonyl (C=O) groups excluding carboxylic acids is 1. The predicted octanol–water partition coefficient (Wildman–Crippen LogP) is 1.38. The molecule has 2 heterocycles. The topological polar surface area (TPSA) is 85.2 Å². The Kier molecular flexibility index (Phi) is 4.87. The lowest BCUT2D eigenvalue weighted by atomic mass is 10.1. The second-order valence-electron chi connectivity index (χ2n) is 5.49. The van der Waals surface area contributed by atoms with Gasteiger partial charge in [-0.25, -0.2) is 14.8 Å². The normalized spacial score (nSPS) is 14.1. The van der Waals surface area contributed by atoms with E-state index in [1.807, 2.05) is 12.1 Å². The lowest BCUT2D eigenvalue weighted by molar-refractivity contribution is 0.193. The lowest BCUT2D eigenvalue weighted by Gasteiger charge is -2.34. The monoisotopic (exact) mass is 322 g/mol. The molecule has 24 heavy (non-hydrogen) atoms. The van der Waals surface area contributed by atoms with E-state index in [2.05, 4.69) is 26.3 Å². The Balaban J connectivity index is 1.49. The first-order chi connectivity index (χ1) is 11.8. The molecule has 0 spiro atoms. The van der Waals surface area contributed by atoms with Gasteiger partial charge in [-0.2, -0.15) is 5.26 Å². The molecule has 3 rings (SSSR count). The molecule has 1 fully saturated rings. The molecular weight excluding hydrogens is 304 g/mol. The van der Waals surface area contributed by atoms with Crippen LogP contribution in [-0.2, 0) is 6.54 Å². The maximum absolute atomic E-state index is 12.3. The zero-order valence-corrected chi connectivity index (χ0v) is 13.2. The fourth-order valence-electron chi connectivity index (χ4n) is 2.60. The fourth-order valence-corrected chi connectivity index (χ4v) is 2.60. The summed E-state index contributed by atoms with van der Waals surface area (Å²) in [5.74, 6) is 0.700. The van der Waals surface area contributed by atoms with Crippen LogP contribution in [0.15, 0.2) is 42.7 Å². The van der Waals surface area contributed by atoms with Gasteiger partial charge in [-0.05, 0) is 23.8 Å². The van der Waals surface area contributed by atoms with Gasteiger partial charge in [0, 0.05) is 45.1 Å². The molecule has 122 valence electrons. The van der Waals surface area contributed by atoms with Crippen LogP contribution in [0.3, 0.4) is 0 Å². The largest absolute Gasteiger partial charge is 0.337 e. The highest BCUT2D eigenvalue weighted by Crippen LogP contribution is 2.10. The molecule has 0 atom stereocenters. The summed E-state index contributed by atoms with van der Waals surface area (Å²) >= 11 is 0. The Morgan fingerprint density at radius 2 is 1.92 bits per heavy atom. The molecule has 1 aliphatic heterocycles. The molecule has 1 saturated heterocycles. The molecule has 0 saturated carbocycles. The Labute approximate surface area is 140 Å². The summed E-state index contributed by atoms with van der Waals surface area (Å²) in [5.41, 5.74) is 1.51. The summed E-state index contributed by atoms with van der Waals surface area (Å²) in [6.45, 7) is 3.09. The quantitative estimate of drug-likeness (QED) is 0.923. The first-order valence-corrected chi connectivity index (χ1v) is 7.80. The third-order valence-electron chi connectivity index (χ3n) is 3.90. The second kappa shape index (κ2) is 7.42. The summed E-state index contributed by atoms with van der Waals surface area (Å²) in [6, 6.07) is 11.0. The number of carbonyl (C=O) groups is 1. The second-order valence-corrected chi connectivity index (χ2v) is 5.49. The Morgan fingerprint density at radius 1 is 1.17 bits per heavy atom. The van der Waals surface area contributed by atoms with Crippen molar-refractivity contribution in [3.63, 3.8) is 0 Å². The van der Waals surface area contributed by atoms with Crippen LogP contribution in [0.2, 0.25) is 0 Å². The molecule has 0 radical (unpaired) electrons. The molecule has 7 nitrogen and oxygen atoms in total. The Morgan fingerprint density at radius 3 is 2.62 bits per heavy atom. The summed E-state index contributed by atoms with van der Waals surface area (Å²) in [5, 5.41) is 11.8. The standard InChI is InChI=1S/C17H18N6O/c18-12-14-3-1-4-15(11-14)13-21-17(24)23-9-7-22(8-10-23)16-19-5-2-6-20-16/h1-6,11H,7-10,13H2,(H,21,24). The van der Waals surface area contributed by atoms with Crippen LogP contribution in [0.4, 0.5) is 10.7 Å². The van der Waals surface area contributed by atoms with Gasteiger partial charge in [0.2, 0.25) is 5.95 Å². The SMILES string of the molecule is N#Cc1cccc(CNC(=O)N2CCN(c3ncccn3)CC2)c1. The Hall–Kier alpha value is -3.14. The molecule has 0 aliphatic carbocycles. The number of aromatic nitrogens is 2. The number of urea groups is 1. The molecule has 2 aromatic rings. The number of anilines is 1. The minimum atomic E-state index is -0.0917. The lowest BCUT2D eigenvalue weighted by Crippen LogP contribution is -2.52. The van der Waals surface area contributed by atoms with Crippen LogP contribution in [0, 0.1) is 11.3 Å². The van der Waals surface area contributed by atoms with Gasteiger partial charge in [0.15, 0.2) is 0 Å². The third-order valence-corrected chi connectivity index (χ3v) is 3.90. The first kappa shape index (κ1) is 15.7. The molecule has 0 bridgehead atoms. The zero-order chi connectivity index (χ0) is 16.8. The van der Waals surface area contributed by atoms with Gasteiger partial charge in [-0.1, -0.05) is 12.1 Å². The smallest absolute Gasteiger partial charge is 0.317 e. The number of benzene rings is 1. The van der Waals surface area contributed by atoms with Crippen molar-refractivity contribution in [3.05, 3.63) is 53.9 Å². The number of piperazine rings is 1. The maximum Gasteiger partial charge on any atom is 0.317 e. The molecule has 0 unspecified atom stereocenters. The Bertz CT molecular complexity index is 734. The van der Waals surface area contributed by atoms with E-state index in [0.717, 1.165) is 5.56 Å². The molecule has 1 aromatic heterocycles. The van der Waals surface area contributed by atoms with Crippen LogP contribution in [0.25, 0.3) is 0 Å². The van der Waals surface area contributed by atoms with Crippen molar-refractivity contribution >= 4 is 12.0 Å². The van der Waals surface area contributed by atoms with Crippen LogP contribution < -0.4 is 10.2 Å². The summed E-state index contributed by atoms with van der Waals surface area (Å²) in [4.78, 5) is 24.6. The minimum Gasteiger partial charge on any atom is -0.337 e. The van der Waals surface area contributed by atoms with Crippen molar-refractivity contribution in [1.82, 2.24) is 20.2 Å². The van der Waals surface area contributed by atoms with Crippen molar-refractivity contribution in [3.8, 4) is 6.07 Å². The number of rotatable bonds is 3. The van der Waals surface area contributed by atoms with Crippen molar-refractivity contribution in [2.45, 2.75) is 6.54 Å². The number of nitriles is 1. The van der Waals surface area contributed by atoms with Crippen LogP contribution >= 0.6 is 0 Å². The number of nitrogens with zero attached hydrogens (tertiary/aromatic N) is 5. The van der Waals surface area contributed by atoms with E-state index < -0.39 is 0 Å². The molecule has 1 aromatic carbocycles. The molecule has 7 heteroatoms. The van der Waals surface area contributed by atoms with Crippen molar-refractivity contribution < 1.29 is 4.79 Å². The molecular formula is C17H18N6O. The van der Waals surface area contributed by atoms with Gasteiger partial charge in [-0.3, -0.25) is 0 Å². The molecule has 1 N–H and O–H groups in total. The van der Waals surface area contributed by atoms with Crippen LogP contribution in [0.5, 0.6) is 0 Å². The van der Waals surface area contributed by atoms with Crippen LogP contribution in [-0.4, -0.2) is 47.1 Å². The van der Waals surface area contributed by atoms with Crippen molar-refractivity contribution in [1.29, 1.82) is 5.26 Å². The van der Waals surface area contributed by atoms with E-state index in [1.54, 1.807) is 35.5 Å². The fraction of sp³-hybridized carbons (Fsp3) is 0.294. The van der Waals surface area contributed by atoms with E-state index in [1.165, 1.54) is 0 Å². The number of nitrogens with one attached hydrogen (secondary N) is 1. The van der Waals surface area contributed by atoms with Gasteiger partial charge < -0.3 is 15.1 Å². The van der Waals surface area contributed by atoms with E-state index >= 15 is 0 Å². The molecule has 1 aliphatic rings. The third kappa shape index (κ3) is 3.79. The van der Waals surface area contributed by atoms with E-state index in [-0.39, 0.29) is 6.03 Å². The zero-order valence-electron chi connectivity index (χ0n) is 13.2. The first-order valence-electron chi connectivity index (χ1n) is 7.80. The average molecular weight is 322 g/mol. The average Bonchev–Trinajstić information content (AvgIpc) is 2.67. The summed E-state index contributed by atoms with van der Waals surface area (Å²) < 4.78 is 0. The van der Waals surface area contributed by atoms with Gasteiger partial charge in [-0.15, -0.1) is 0 Å². The van der Waals surface area contributed by atoms with Gasteiger partial charge >= 0.3 is 6.03 Å².